The Morgan fingerprint density at radius 1 is 1.61 bits per heavy atom. The van der Waals surface area contributed by atoms with Gasteiger partial charge in [0.2, 0.25) is 0 Å². The molecule has 1 amide bonds. The van der Waals surface area contributed by atoms with Gasteiger partial charge in [0.15, 0.2) is 0 Å². The highest BCUT2D eigenvalue weighted by Crippen LogP contribution is 2.51. The molecular formula is C13H19N3OS. The van der Waals surface area contributed by atoms with Crippen molar-refractivity contribution in [3.8, 4) is 0 Å². The van der Waals surface area contributed by atoms with Gasteiger partial charge in [0.25, 0.3) is 5.91 Å². The highest BCUT2D eigenvalue weighted by atomic mass is 32.1. The molecule has 1 aliphatic carbocycles. The van der Waals surface area contributed by atoms with Crippen molar-refractivity contribution in [2.24, 2.45) is 0 Å². The Morgan fingerprint density at radius 2 is 2.28 bits per heavy atom. The van der Waals surface area contributed by atoms with E-state index in [9.17, 15) is 4.79 Å². The summed E-state index contributed by atoms with van der Waals surface area (Å²) in [5.41, 5.74) is 7.97. The fourth-order valence-electron chi connectivity index (χ4n) is 1.96. The van der Waals surface area contributed by atoms with Crippen molar-refractivity contribution in [1.29, 1.82) is 0 Å². The number of rotatable bonds is 5. The molecule has 4 nitrogen and oxygen atoms in total. The quantitative estimate of drug-likeness (QED) is 0.802. The Kier molecular flexibility index (Phi) is 3.61. The van der Waals surface area contributed by atoms with Gasteiger partial charge in [0.05, 0.1) is 10.7 Å². The summed E-state index contributed by atoms with van der Waals surface area (Å²) >= 11 is 1.48. The average molecular weight is 265 g/mol. The second-order valence-corrected chi connectivity index (χ2v) is 5.73. The third-order valence-electron chi connectivity index (χ3n) is 2.97. The molecule has 0 saturated heterocycles. The summed E-state index contributed by atoms with van der Waals surface area (Å²) < 4.78 is 0. The van der Waals surface area contributed by atoms with Gasteiger partial charge < -0.3 is 16.0 Å². The average Bonchev–Trinajstić information content (AvgIpc) is 3.09. The van der Waals surface area contributed by atoms with Crippen molar-refractivity contribution in [3.63, 3.8) is 0 Å². The van der Waals surface area contributed by atoms with E-state index in [-0.39, 0.29) is 5.91 Å². The minimum atomic E-state index is -0.104. The number of nitrogen functional groups attached to an aromatic ring is 1. The summed E-state index contributed by atoms with van der Waals surface area (Å²) in [6, 6.07) is 0. The van der Waals surface area contributed by atoms with Crippen LogP contribution in [0.1, 0.15) is 34.0 Å². The molecule has 1 aromatic rings. The first kappa shape index (κ1) is 13.0. The van der Waals surface area contributed by atoms with Crippen molar-refractivity contribution in [3.05, 3.63) is 23.1 Å². The molecule has 0 radical (unpaired) electrons. The molecule has 2 rings (SSSR count). The summed E-state index contributed by atoms with van der Waals surface area (Å²) in [6.07, 6.45) is 4.02. The third kappa shape index (κ3) is 2.36. The minimum Gasteiger partial charge on any atom is -0.397 e. The van der Waals surface area contributed by atoms with Gasteiger partial charge in [-0.05, 0) is 18.8 Å². The minimum absolute atomic E-state index is 0.104. The van der Waals surface area contributed by atoms with E-state index in [1.165, 1.54) is 24.2 Å². The molecule has 0 spiro atoms. The predicted molar refractivity (Wildman–Crippen MR) is 77.6 cm³/mol. The van der Waals surface area contributed by atoms with Crippen molar-refractivity contribution in [2.45, 2.75) is 18.8 Å². The first-order valence-corrected chi connectivity index (χ1v) is 6.86. The molecule has 0 atom stereocenters. The third-order valence-corrected chi connectivity index (χ3v) is 4.36. The van der Waals surface area contributed by atoms with Crippen LogP contribution in [0.5, 0.6) is 0 Å². The zero-order valence-electron chi connectivity index (χ0n) is 10.8. The molecule has 1 heterocycles. The van der Waals surface area contributed by atoms with Crippen molar-refractivity contribution < 1.29 is 4.79 Å². The zero-order valence-corrected chi connectivity index (χ0v) is 11.6. The molecule has 0 aliphatic heterocycles. The van der Waals surface area contributed by atoms with E-state index in [0.29, 0.717) is 23.0 Å². The number of hydrogen-bond acceptors (Lipinski definition) is 4. The Labute approximate surface area is 111 Å². The lowest BCUT2D eigenvalue weighted by molar-refractivity contribution is 0.0963. The van der Waals surface area contributed by atoms with E-state index < -0.39 is 0 Å². The Morgan fingerprint density at radius 3 is 2.78 bits per heavy atom. The van der Waals surface area contributed by atoms with Crippen LogP contribution in [-0.2, 0) is 0 Å². The lowest BCUT2D eigenvalue weighted by Crippen LogP contribution is -2.23. The van der Waals surface area contributed by atoms with Gasteiger partial charge in [-0.2, -0.15) is 0 Å². The number of thiophene rings is 1. The molecule has 1 aliphatic rings. The summed E-state index contributed by atoms with van der Waals surface area (Å²) in [5.74, 6) is 0.437. The molecule has 1 aromatic heterocycles. The summed E-state index contributed by atoms with van der Waals surface area (Å²) in [6.45, 7) is 4.05. The van der Waals surface area contributed by atoms with Crippen molar-refractivity contribution in [2.75, 3.05) is 31.3 Å². The number of anilines is 2. The Bertz CT molecular complexity index is 475. The molecular weight excluding hydrogens is 246 g/mol. The van der Waals surface area contributed by atoms with E-state index >= 15 is 0 Å². The van der Waals surface area contributed by atoms with Gasteiger partial charge in [0, 0.05) is 26.2 Å². The number of carbonyl (C=O) groups excluding carboxylic acids is 1. The van der Waals surface area contributed by atoms with Crippen LogP contribution < -0.4 is 16.0 Å². The molecule has 0 unspecified atom stereocenters. The fourth-order valence-corrected chi connectivity index (χ4v) is 3.10. The number of carbonyl (C=O) groups is 1. The van der Waals surface area contributed by atoms with E-state index in [4.69, 9.17) is 5.73 Å². The summed E-state index contributed by atoms with van der Waals surface area (Å²) in [4.78, 5) is 14.7. The fraction of sp³-hybridized carbons (Fsp3) is 0.462. The monoisotopic (exact) mass is 265 g/mol. The molecule has 5 heteroatoms. The van der Waals surface area contributed by atoms with Gasteiger partial charge >= 0.3 is 0 Å². The van der Waals surface area contributed by atoms with E-state index in [0.717, 1.165) is 10.6 Å². The predicted octanol–water partition coefficient (Wildman–Crippen LogP) is 2.19. The Hall–Kier alpha value is -1.49. The number of nitrogens with two attached hydrogens (primary N) is 1. The second-order valence-electron chi connectivity index (χ2n) is 4.73. The number of nitrogens with one attached hydrogen (secondary N) is 1. The molecule has 18 heavy (non-hydrogen) atoms. The van der Waals surface area contributed by atoms with Crippen LogP contribution in [0.2, 0.25) is 0 Å². The largest absolute Gasteiger partial charge is 0.397 e. The number of hydrogen-bond donors (Lipinski definition) is 2. The lowest BCUT2D eigenvalue weighted by atomic mass is 10.1. The topological polar surface area (TPSA) is 58.4 Å². The van der Waals surface area contributed by atoms with Crippen LogP contribution in [-0.4, -0.2) is 26.5 Å². The van der Waals surface area contributed by atoms with Crippen LogP contribution >= 0.6 is 11.3 Å². The number of nitrogens with zero attached hydrogens (tertiary/aromatic N) is 1. The van der Waals surface area contributed by atoms with Gasteiger partial charge in [-0.3, -0.25) is 4.79 Å². The van der Waals surface area contributed by atoms with Crippen LogP contribution in [0.25, 0.3) is 0 Å². The van der Waals surface area contributed by atoms with Crippen LogP contribution in [0.4, 0.5) is 10.7 Å². The lowest BCUT2D eigenvalue weighted by Gasteiger charge is -2.12. The first-order valence-electron chi connectivity index (χ1n) is 6.04. The molecule has 0 aromatic carbocycles. The molecule has 1 fully saturated rings. The van der Waals surface area contributed by atoms with Crippen LogP contribution in [0, 0.1) is 0 Å². The van der Waals surface area contributed by atoms with E-state index in [1.54, 1.807) is 6.08 Å². The smallest absolute Gasteiger partial charge is 0.263 e. The first-order chi connectivity index (χ1) is 8.56. The normalized spacial score (nSPS) is 14.3. The highest BCUT2D eigenvalue weighted by Gasteiger charge is 2.33. The van der Waals surface area contributed by atoms with Crippen LogP contribution in [0.15, 0.2) is 12.7 Å². The summed E-state index contributed by atoms with van der Waals surface area (Å²) in [7, 11) is 3.98. The van der Waals surface area contributed by atoms with Crippen LogP contribution in [0.3, 0.4) is 0 Å². The molecule has 3 N–H and O–H groups in total. The molecule has 98 valence electrons. The van der Waals surface area contributed by atoms with E-state index in [1.807, 2.05) is 19.0 Å². The molecule has 1 saturated carbocycles. The SMILES string of the molecule is C=CCNC(=O)c1sc(N(C)C)c(C2CC2)c1N. The van der Waals surface area contributed by atoms with Crippen molar-refractivity contribution in [1.82, 2.24) is 5.32 Å². The highest BCUT2D eigenvalue weighted by molar-refractivity contribution is 7.18. The second kappa shape index (κ2) is 5.02. The van der Waals surface area contributed by atoms with Gasteiger partial charge in [-0.1, -0.05) is 6.08 Å². The number of amides is 1. The molecule has 0 bridgehead atoms. The standard InChI is InChI=1S/C13H19N3OS/c1-4-7-15-12(17)11-10(14)9(8-5-6-8)13(18-11)16(2)3/h4,8H,1,5-7,14H2,2-3H3,(H,15,17). The maximum Gasteiger partial charge on any atom is 0.263 e. The van der Waals surface area contributed by atoms with Crippen molar-refractivity contribution >= 4 is 27.9 Å². The van der Waals surface area contributed by atoms with E-state index in [2.05, 4.69) is 11.9 Å². The van der Waals surface area contributed by atoms with Gasteiger partial charge in [0.1, 0.15) is 4.88 Å². The zero-order chi connectivity index (χ0) is 13.3. The maximum absolute atomic E-state index is 12.0. The Balaban J connectivity index is 2.33. The van der Waals surface area contributed by atoms with Gasteiger partial charge in [-0.25, -0.2) is 0 Å². The summed E-state index contributed by atoms with van der Waals surface area (Å²) in [5, 5.41) is 3.89. The van der Waals surface area contributed by atoms with Gasteiger partial charge in [-0.15, -0.1) is 17.9 Å². The maximum atomic E-state index is 12.0.